The van der Waals surface area contributed by atoms with Crippen LogP contribution in [0.25, 0.3) is 0 Å². The Balaban J connectivity index is 2.45. The van der Waals surface area contributed by atoms with Crippen molar-refractivity contribution >= 4 is 12.6 Å². The Bertz CT molecular complexity index is 153. The molecule has 0 saturated heterocycles. The Labute approximate surface area is 95.3 Å². The first-order chi connectivity index (χ1) is 6.59. The summed E-state index contributed by atoms with van der Waals surface area (Å²) in [6.07, 6.45) is 8.34. The molecule has 0 amide bonds. The molecule has 0 N–H and O–H groups in total. The Morgan fingerprint density at radius 1 is 1.07 bits per heavy atom. The molecule has 0 heterocycles. The lowest BCUT2D eigenvalue weighted by Gasteiger charge is -2.20. The number of hydrogen-bond donors (Lipinski definition) is 1. The molecule has 1 fully saturated rings. The molecular weight excluding hydrogens is 188 g/mol. The second-order valence-corrected chi connectivity index (χ2v) is 6.24. The van der Waals surface area contributed by atoms with Crippen molar-refractivity contribution in [3.05, 3.63) is 0 Å². The lowest BCUT2D eigenvalue weighted by molar-refractivity contribution is 0.309. The van der Waals surface area contributed by atoms with E-state index in [0.29, 0.717) is 5.25 Å². The predicted octanol–water partition coefficient (Wildman–Crippen LogP) is 4.55. The normalized spacial score (nSPS) is 36.2. The van der Waals surface area contributed by atoms with Gasteiger partial charge in [0.25, 0.3) is 0 Å². The number of thiol groups is 1. The minimum absolute atomic E-state index is 0.663. The average molecular weight is 214 g/mol. The van der Waals surface area contributed by atoms with Crippen molar-refractivity contribution in [3.63, 3.8) is 0 Å². The van der Waals surface area contributed by atoms with Crippen LogP contribution < -0.4 is 0 Å². The molecule has 1 rings (SSSR count). The van der Waals surface area contributed by atoms with Gasteiger partial charge in [0.1, 0.15) is 0 Å². The lowest BCUT2D eigenvalue weighted by atomic mass is 9.85. The van der Waals surface area contributed by atoms with Crippen LogP contribution in [0.15, 0.2) is 0 Å². The van der Waals surface area contributed by atoms with Gasteiger partial charge in [-0.15, -0.1) is 0 Å². The van der Waals surface area contributed by atoms with Crippen molar-refractivity contribution in [1.29, 1.82) is 0 Å². The summed E-state index contributed by atoms with van der Waals surface area (Å²) in [6.45, 7) is 7.16. The third kappa shape index (κ3) is 4.25. The van der Waals surface area contributed by atoms with Crippen molar-refractivity contribution in [2.45, 2.75) is 64.5 Å². The zero-order valence-electron chi connectivity index (χ0n) is 10.00. The van der Waals surface area contributed by atoms with Crippen molar-refractivity contribution in [3.8, 4) is 0 Å². The van der Waals surface area contributed by atoms with Crippen LogP contribution in [0.1, 0.15) is 59.3 Å². The van der Waals surface area contributed by atoms with Crippen LogP contribution in [0, 0.1) is 17.8 Å². The minimum Gasteiger partial charge on any atom is -0.176 e. The highest BCUT2D eigenvalue weighted by atomic mass is 32.1. The van der Waals surface area contributed by atoms with Crippen LogP contribution in [0.2, 0.25) is 0 Å². The highest BCUT2D eigenvalue weighted by Gasteiger charge is 2.19. The number of rotatable bonds is 1. The van der Waals surface area contributed by atoms with Crippen LogP contribution in [0.5, 0.6) is 0 Å². The molecule has 0 bridgehead atoms. The van der Waals surface area contributed by atoms with Crippen molar-refractivity contribution in [2.75, 3.05) is 0 Å². The van der Waals surface area contributed by atoms with Gasteiger partial charge in [0.05, 0.1) is 0 Å². The van der Waals surface area contributed by atoms with E-state index >= 15 is 0 Å². The summed E-state index contributed by atoms with van der Waals surface area (Å²) in [5.74, 6) is 2.73. The minimum atomic E-state index is 0.663. The quantitative estimate of drug-likeness (QED) is 0.608. The fourth-order valence-electron chi connectivity index (χ4n) is 2.63. The van der Waals surface area contributed by atoms with Gasteiger partial charge < -0.3 is 0 Å². The average Bonchev–Trinajstić information content (AvgIpc) is 2.16. The van der Waals surface area contributed by atoms with Gasteiger partial charge in [-0.25, -0.2) is 0 Å². The van der Waals surface area contributed by atoms with Gasteiger partial charge in [0.15, 0.2) is 0 Å². The fraction of sp³-hybridized carbons (Fsp3) is 1.00. The van der Waals surface area contributed by atoms with Gasteiger partial charge in [-0.2, -0.15) is 12.6 Å². The van der Waals surface area contributed by atoms with E-state index in [1.165, 1.54) is 38.5 Å². The molecule has 0 aromatic heterocycles. The molecule has 0 spiro atoms. The molecule has 0 aromatic rings. The molecule has 0 nitrogen and oxygen atoms in total. The lowest BCUT2D eigenvalue weighted by Crippen LogP contribution is -2.09. The van der Waals surface area contributed by atoms with Gasteiger partial charge in [0.2, 0.25) is 0 Å². The van der Waals surface area contributed by atoms with Crippen LogP contribution in [0.4, 0.5) is 0 Å². The molecule has 14 heavy (non-hydrogen) atoms. The highest BCUT2D eigenvalue weighted by Crippen LogP contribution is 2.31. The molecule has 84 valence electrons. The van der Waals surface area contributed by atoms with Crippen LogP contribution in [0.3, 0.4) is 0 Å². The van der Waals surface area contributed by atoms with Crippen LogP contribution >= 0.6 is 12.6 Å². The SMILES string of the molecule is CC1CCC(C(C)C)CCCC(S)C1. The van der Waals surface area contributed by atoms with Crippen LogP contribution in [-0.4, -0.2) is 5.25 Å². The first-order valence-electron chi connectivity index (χ1n) is 6.27. The maximum absolute atomic E-state index is 4.67. The zero-order chi connectivity index (χ0) is 10.6. The Morgan fingerprint density at radius 3 is 2.43 bits per heavy atom. The number of hydrogen-bond acceptors (Lipinski definition) is 1. The van der Waals surface area contributed by atoms with Gasteiger partial charge >= 0.3 is 0 Å². The van der Waals surface area contributed by atoms with Crippen molar-refractivity contribution < 1.29 is 0 Å². The summed E-state index contributed by atoms with van der Waals surface area (Å²) in [5.41, 5.74) is 0. The fourth-order valence-corrected chi connectivity index (χ4v) is 3.17. The Kier molecular flexibility index (Phi) is 5.36. The third-order valence-electron chi connectivity index (χ3n) is 3.76. The first kappa shape index (κ1) is 12.4. The molecule has 1 aliphatic rings. The molecule has 3 unspecified atom stereocenters. The van der Waals surface area contributed by atoms with Gasteiger partial charge in [-0.05, 0) is 37.0 Å². The third-order valence-corrected chi connectivity index (χ3v) is 4.23. The highest BCUT2D eigenvalue weighted by molar-refractivity contribution is 7.80. The van der Waals surface area contributed by atoms with E-state index in [9.17, 15) is 0 Å². The molecule has 1 aliphatic carbocycles. The predicted molar refractivity (Wildman–Crippen MR) is 68.0 cm³/mol. The maximum Gasteiger partial charge on any atom is 0.00193 e. The Morgan fingerprint density at radius 2 is 1.79 bits per heavy atom. The summed E-state index contributed by atoms with van der Waals surface area (Å²) < 4.78 is 0. The smallest absolute Gasteiger partial charge is 0.00193 e. The van der Waals surface area contributed by atoms with E-state index in [-0.39, 0.29) is 0 Å². The Hall–Kier alpha value is 0.350. The van der Waals surface area contributed by atoms with Crippen molar-refractivity contribution in [2.24, 2.45) is 17.8 Å². The topological polar surface area (TPSA) is 0 Å². The standard InChI is InChI=1S/C13H26S/c1-10(2)12-5-4-6-13(14)9-11(3)7-8-12/h10-14H,4-9H2,1-3H3. The van der Waals surface area contributed by atoms with E-state index in [2.05, 4.69) is 33.4 Å². The molecule has 0 radical (unpaired) electrons. The van der Waals surface area contributed by atoms with E-state index in [1.807, 2.05) is 0 Å². The summed E-state index contributed by atoms with van der Waals surface area (Å²) in [7, 11) is 0. The van der Waals surface area contributed by atoms with E-state index in [0.717, 1.165) is 17.8 Å². The second-order valence-electron chi connectivity index (χ2n) is 5.51. The van der Waals surface area contributed by atoms with E-state index in [1.54, 1.807) is 0 Å². The summed E-state index contributed by atoms with van der Waals surface area (Å²) >= 11 is 4.67. The first-order valence-corrected chi connectivity index (χ1v) is 6.79. The molecule has 1 saturated carbocycles. The van der Waals surface area contributed by atoms with Gasteiger partial charge in [-0.3, -0.25) is 0 Å². The molecular formula is C13H26S. The molecule has 3 atom stereocenters. The van der Waals surface area contributed by atoms with Crippen molar-refractivity contribution in [1.82, 2.24) is 0 Å². The summed E-state index contributed by atoms with van der Waals surface area (Å²) in [4.78, 5) is 0. The summed E-state index contributed by atoms with van der Waals surface area (Å²) in [6, 6.07) is 0. The second kappa shape index (κ2) is 6.05. The molecule has 1 heteroatoms. The summed E-state index contributed by atoms with van der Waals surface area (Å²) in [5, 5.41) is 0.663. The zero-order valence-corrected chi connectivity index (χ0v) is 10.9. The van der Waals surface area contributed by atoms with Gasteiger partial charge in [0, 0.05) is 5.25 Å². The van der Waals surface area contributed by atoms with Gasteiger partial charge in [-0.1, -0.05) is 40.0 Å². The van der Waals surface area contributed by atoms with Crippen LogP contribution in [-0.2, 0) is 0 Å². The monoisotopic (exact) mass is 214 g/mol. The van der Waals surface area contributed by atoms with E-state index < -0.39 is 0 Å². The molecule has 0 aromatic carbocycles. The van der Waals surface area contributed by atoms with E-state index in [4.69, 9.17) is 0 Å². The molecule has 0 aliphatic heterocycles. The largest absolute Gasteiger partial charge is 0.176 e. The maximum atomic E-state index is 4.67.